The number of benzene rings is 1. The highest BCUT2D eigenvalue weighted by molar-refractivity contribution is 5.37. The van der Waals surface area contributed by atoms with Crippen LogP contribution in [0.15, 0.2) is 18.2 Å². The molecular weight excluding hydrogens is 184 g/mol. The standard InChI is InChI=1S/C12H16O.C2H6/c1-9(2)11-5-3-4-10-8-13-7-6-12(10)11;1-2/h3-5,9H,6-8H2,1-2H3;1-2H3. The van der Waals surface area contributed by atoms with Gasteiger partial charge in [-0.05, 0) is 29.0 Å². The van der Waals surface area contributed by atoms with Gasteiger partial charge in [0.25, 0.3) is 0 Å². The van der Waals surface area contributed by atoms with E-state index in [2.05, 4.69) is 32.0 Å². The van der Waals surface area contributed by atoms with Crippen molar-refractivity contribution in [1.29, 1.82) is 0 Å². The van der Waals surface area contributed by atoms with E-state index in [1.807, 2.05) is 13.8 Å². The predicted molar refractivity (Wildman–Crippen MR) is 65.2 cm³/mol. The summed E-state index contributed by atoms with van der Waals surface area (Å²) in [7, 11) is 0. The molecule has 0 bridgehead atoms. The van der Waals surface area contributed by atoms with Crippen LogP contribution in [0.1, 0.15) is 50.3 Å². The Kier molecular flexibility index (Phi) is 4.83. The second-order valence-electron chi connectivity index (χ2n) is 3.94. The normalized spacial score (nSPS) is 14.2. The average Bonchev–Trinajstić information content (AvgIpc) is 2.31. The van der Waals surface area contributed by atoms with Crippen LogP contribution < -0.4 is 0 Å². The van der Waals surface area contributed by atoms with Crippen LogP contribution in [0.5, 0.6) is 0 Å². The zero-order chi connectivity index (χ0) is 11.3. The monoisotopic (exact) mass is 206 g/mol. The van der Waals surface area contributed by atoms with Gasteiger partial charge in [0, 0.05) is 0 Å². The first-order chi connectivity index (χ1) is 7.29. The van der Waals surface area contributed by atoms with Gasteiger partial charge in [-0.1, -0.05) is 45.9 Å². The molecule has 1 nitrogen and oxygen atoms in total. The molecule has 0 amide bonds. The van der Waals surface area contributed by atoms with Crippen LogP contribution in [0.2, 0.25) is 0 Å². The van der Waals surface area contributed by atoms with Crippen molar-refractivity contribution >= 4 is 0 Å². The summed E-state index contributed by atoms with van der Waals surface area (Å²) in [6.45, 7) is 10.2. The van der Waals surface area contributed by atoms with Crippen LogP contribution in [-0.2, 0) is 17.8 Å². The van der Waals surface area contributed by atoms with Crippen molar-refractivity contribution in [1.82, 2.24) is 0 Å². The first-order valence-electron chi connectivity index (χ1n) is 5.97. The molecule has 0 saturated carbocycles. The van der Waals surface area contributed by atoms with Crippen LogP contribution in [0.4, 0.5) is 0 Å². The first-order valence-corrected chi connectivity index (χ1v) is 5.97. The Bertz CT molecular complexity index is 302. The smallest absolute Gasteiger partial charge is 0.0719 e. The molecule has 0 unspecified atom stereocenters. The number of rotatable bonds is 1. The average molecular weight is 206 g/mol. The molecule has 1 aromatic carbocycles. The quantitative estimate of drug-likeness (QED) is 0.677. The molecule has 0 N–H and O–H groups in total. The molecule has 1 aliphatic rings. The Labute approximate surface area is 93.5 Å². The summed E-state index contributed by atoms with van der Waals surface area (Å²) in [5.41, 5.74) is 4.42. The van der Waals surface area contributed by atoms with Crippen LogP contribution in [0.25, 0.3) is 0 Å². The van der Waals surface area contributed by atoms with Crippen molar-refractivity contribution in [3.8, 4) is 0 Å². The SMILES string of the molecule is CC.CC(C)c1cccc2c1CCOC2. The lowest BCUT2D eigenvalue weighted by molar-refractivity contribution is 0.110. The van der Waals surface area contributed by atoms with Gasteiger partial charge in [0.2, 0.25) is 0 Å². The van der Waals surface area contributed by atoms with Crippen molar-refractivity contribution in [2.24, 2.45) is 0 Å². The van der Waals surface area contributed by atoms with Crippen LogP contribution >= 0.6 is 0 Å². The van der Waals surface area contributed by atoms with Gasteiger partial charge >= 0.3 is 0 Å². The first kappa shape index (κ1) is 12.3. The van der Waals surface area contributed by atoms with Crippen molar-refractivity contribution in [3.05, 3.63) is 34.9 Å². The van der Waals surface area contributed by atoms with E-state index in [1.54, 1.807) is 0 Å². The fourth-order valence-corrected chi connectivity index (χ4v) is 1.99. The van der Waals surface area contributed by atoms with Gasteiger partial charge in [-0.15, -0.1) is 0 Å². The molecule has 0 aromatic heterocycles. The molecule has 0 radical (unpaired) electrons. The Morgan fingerprint density at radius 2 is 1.93 bits per heavy atom. The molecule has 0 fully saturated rings. The van der Waals surface area contributed by atoms with E-state index in [0.717, 1.165) is 19.6 Å². The molecule has 1 aromatic rings. The fourth-order valence-electron chi connectivity index (χ4n) is 1.99. The van der Waals surface area contributed by atoms with E-state index >= 15 is 0 Å². The molecule has 0 atom stereocenters. The summed E-state index contributed by atoms with van der Waals surface area (Å²) in [5, 5.41) is 0. The summed E-state index contributed by atoms with van der Waals surface area (Å²) < 4.78 is 5.43. The third-order valence-electron chi connectivity index (χ3n) is 2.69. The van der Waals surface area contributed by atoms with Crippen molar-refractivity contribution in [2.75, 3.05) is 6.61 Å². The van der Waals surface area contributed by atoms with Gasteiger partial charge in [0.15, 0.2) is 0 Å². The molecule has 0 saturated heterocycles. The highest BCUT2D eigenvalue weighted by atomic mass is 16.5. The van der Waals surface area contributed by atoms with Crippen molar-refractivity contribution in [3.63, 3.8) is 0 Å². The largest absolute Gasteiger partial charge is 0.376 e. The summed E-state index contributed by atoms with van der Waals surface area (Å²) in [6, 6.07) is 6.57. The Morgan fingerprint density at radius 1 is 1.20 bits per heavy atom. The second kappa shape index (κ2) is 5.92. The summed E-state index contributed by atoms with van der Waals surface area (Å²) in [4.78, 5) is 0. The lowest BCUT2D eigenvalue weighted by atomic mass is 9.91. The molecule has 2 rings (SSSR count). The highest BCUT2D eigenvalue weighted by Crippen LogP contribution is 2.26. The Balaban J connectivity index is 0.000000531. The highest BCUT2D eigenvalue weighted by Gasteiger charge is 2.14. The van der Waals surface area contributed by atoms with E-state index in [4.69, 9.17) is 4.74 Å². The van der Waals surface area contributed by atoms with E-state index in [9.17, 15) is 0 Å². The topological polar surface area (TPSA) is 9.23 Å². The van der Waals surface area contributed by atoms with Crippen LogP contribution in [-0.4, -0.2) is 6.61 Å². The maximum atomic E-state index is 5.43. The van der Waals surface area contributed by atoms with Gasteiger partial charge in [-0.25, -0.2) is 0 Å². The number of hydrogen-bond acceptors (Lipinski definition) is 1. The minimum atomic E-state index is 0.632. The third-order valence-corrected chi connectivity index (χ3v) is 2.69. The maximum Gasteiger partial charge on any atom is 0.0719 e. The molecule has 1 heteroatoms. The summed E-state index contributed by atoms with van der Waals surface area (Å²) >= 11 is 0. The number of fused-ring (bicyclic) bond motifs is 1. The van der Waals surface area contributed by atoms with Gasteiger partial charge in [0.05, 0.1) is 13.2 Å². The predicted octanol–water partition coefficient (Wildman–Crippen LogP) is 3.91. The van der Waals surface area contributed by atoms with Gasteiger partial charge in [0.1, 0.15) is 0 Å². The molecule has 1 aliphatic heterocycles. The van der Waals surface area contributed by atoms with Gasteiger partial charge in [-0.3, -0.25) is 0 Å². The minimum Gasteiger partial charge on any atom is -0.376 e. The van der Waals surface area contributed by atoms with E-state index in [-0.39, 0.29) is 0 Å². The second-order valence-corrected chi connectivity index (χ2v) is 3.94. The number of ether oxygens (including phenoxy) is 1. The Hall–Kier alpha value is -0.820. The van der Waals surface area contributed by atoms with Crippen molar-refractivity contribution < 1.29 is 4.74 Å². The van der Waals surface area contributed by atoms with E-state index in [1.165, 1.54) is 16.7 Å². The lowest BCUT2D eigenvalue weighted by Crippen LogP contribution is -2.12. The maximum absolute atomic E-state index is 5.43. The van der Waals surface area contributed by atoms with Crippen LogP contribution in [0, 0.1) is 0 Å². The van der Waals surface area contributed by atoms with Crippen molar-refractivity contribution in [2.45, 2.75) is 46.6 Å². The molecule has 1 heterocycles. The minimum absolute atomic E-state index is 0.632. The van der Waals surface area contributed by atoms with Gasteiger partial charge < -0.3 is 4.74 Å². The van der Waals surface area contributed by atoms with Gasteiger partial charge in [-0.2, -0.15) is 0 Å². The molecule has 0 aliphatic carbocycles. The lowest BCUT2D eigenvalue weighted by Gasteiger charge is -2.21. The zero-order valence-electron chi connectivity index (χ0n) is 10.3. The zero-order valence-corrected chi connectivity index (χ0v) is 10.3. The fraction of sp³-hybridized carbons (Fsp3) is 0.571. The molecule has 84 valence electrons. The summed E-state index contributed by atoms with van der Waals surface area (Å²) in [5.74, 6) is 0.632. The molecular formula is C14H22O. The van der Waals surface area contributed by atoms with Crippen LogP contribution in [0.3, 0.4) is 0 Å². The number of hydrogen-bond donors (Lipinski definition) is 0. The molecule has 15 heavy (non-hydrogen) atoms. The third kappa shape index (κ3) is 2.82. The summed E-state index contributed by atoms with van der Waals surface area (Å²) in [6.07, 6.45) is 1.09. The van der Waals surface area contributed by atoms with E-state index < -0.39 is 0 Å². The van der Waals surface area contributed by atoms with E-state index in [0.29, 0.717) is 5.92 Å². The Morgan fingerprint density at radius 3 is 2.60 bits per heavy atom. The molecule has 0 spiro atoms.